The molecule has 1 atom stereocenters. The normalized spacial score (nSPS) is 29.4. The van der Waals surface area contributed by atoms with Gasteiger partial charge in [-0.2, -0.15) is 0 Å². The van der Waals surface area contributed by atoms with Crippen molar-refractivity contribution in [2.75, 3.05) is 13.1 Å². The summed E-state index contributed by atoms with van der Waals surface area (Å²) in [6.45, 7) is 8.41. The molecule has 0 aromatic heterocycles. The van der Waals surface area contributed by atoms with Crippen LogP contribution in [-0.2, 0) is 4.79 Å². The summed E-state index contributed by atoms with van der Waals surface area (Å²) in [7, 11) is 0. The minimum atomic E-state index is 0.0916. The van der Waals surface area contributed by atoms with Gasteiger partial charge in [-0.25, -0.2) is 0 Å². The lowest BCUT2D eigenvalue weighted by Crippen LogP contribution is -2.49. The van der Waals surface area contributed by atoms with Gasteiger partial charge in [0.1, 0.15) is 0 Å². The molecule has 152 valence electrons. The first-order valence-electron chi connectivity index (χ1n) is 11.3. The molecule has 4 heteroatoms. The minimum absolute atomic E-state index is 0.0916. The van der Waals surface area contributed by atoms with E-state index < -0.39 is 0 Å². The molecule has 2 aliphatic heterocycles. The molecule has 3 nitrogen and oxygen atoms in total. The number of rotatable bonds is 4. The average molecular weight is 391 g/mol. The average Bonchev–Trinajstić information content (AvgIpc) is 3.31. The van der Waals surface area contributed by atoms with Gasteiger partial charge in [0.15, 0.2) is 0 Å². The Morgan fingerprint density at radius 1 is 1.07 bits per heavy atom. The standard InChI is InChI=1S/C23H38N2OS/c1-22(2,3)17-20(26)24-13-9-18(10-14-24)21-25(15-16-27-21)23(11-12-23)19-7-5-4-6-8-19/h15-16,18-19,21H,4-14,17H2,1-3H3. The highest BCUT2D eigenvalue weighted by Crippen LogP contribution is 2.57. The van der Waals surface area contributed by atoms with Gasteiger partial charge < -0.3 is 9.80 Å². The van der Waals surface area contributed by atoms with Crippen molar-refractivity contribution in [2.24, 2.45) is 17.3 Å². The largest absolute Gasteiger partial charge is 0.359 e. The molecule has 1 saturated heterocycles. The van der Waals surface area contributed by atoms with Gasteiger partial charge in [0, 0.05) is 31.2 Å². The molecular formula is C23H38N2OS. The van der Waals surface area contributed by atoms with Gasteiger partial charge >= 0.3 is 0 Å². The van der Waals surface area contributed by atoms with Gasteiger partial charge in [-0.05, 0) is 61.2 Å². The van der Waals surface area contributed by atoms with E-state index in [4.69, 9.17) is 0 Å². The third-order valence-corrected chi connectivity index (χ3v) is 8.50. The van der Waals surface area contributed by atoms with Crippen molar-refractivity contribution >= 4 is 17.7 Å². The summed E-state index contributed by atoms with van der Waals surface area (Å²) in [5.41, 5.74) is 0.582. The molecule has 3 fully saturated rings. The monoisotopic (exact) mass is 390 g/mol. The Morgan fingerprint density at radius 2 is 1.74 bits per heavy atom. The lowest BCUT2D eigenvalue weighted by Gasteiger charge is -2.45. The Labute approximate surface area is 170 Å². The maximum Gasteiger partial charge on any atom is 0.223 e. The topological polar surface area (TPSA) is 23.6 Å². The number of hydrogen-bond donors (Lipinski definition) is 0. The van der Waals surface area contributed by atoms with Gasteiger partial charge in [0.25, 0.3) is 0 Å². The fourth-order valence-corrected chi connectivity index (χ4v) is 6.98. The lowest BCUT2D eigenvalue weighted by molar-refractivity contribution is -0.134. The van der Waals surface area contributed by atoms with Crippen molar-refractivity contribution in [2.45, 2.75) is 95.9 Å². The Morgan fingerprint density at radius 3 is 2.33 bits per heavy atom. The van der Waals surface area contributed by atoms with E-state index in [0.29, 0.717) is 23.2 Å². The molecule has 4 rings (SSSR count). The SMILES string of the molecule is CC(C)(C)CC(=O)N1CCC(C2SC=CN2C2(C3CCCCC3)CC2)CC1. The van der Waals surface area contributed by atoms with Crippen LogP contribution >= 0.6 is 11.8 Å². The van der Waals surface area contributed by atoms with E-state index >= 15 is 0 Å². The number of carbonyl (C=O) groups excluding carboxylic acids is 1. The first-order valence-corrected chi connectivity index (χ1v) is 12.2. The summed E-state index contributed by atoms with van der Waals surface area (Å²) in [4.78, 5) is 17.5. The second-order valence-corrected chi connectivity index (χ2v) is 11.6. The summed E-state index contributed by atoms with van der Waals surface area (Å²) in [5.74, 6) is 2.01. The van der Waals surface area contributed by atoms with Crippen molar-refractivity contribution in [1.29, 1.82) is 0 Å². The van der Waals surface area contributed by atoms with E-state index in [1.165, 1.54) is 57.8 Å². The Hall–Kier alpha value is -0.640. The Kier molecular flexibility index (Phi) is 5.57. The highest BCUT2D eigenvalue weighted by Gasteiger charge is 2.56. The van der Waals surface area contributed by atoms with E-state index in [1.807, 2.05) is 11.8 Å². The van der Waals surface area contributed by atoms with E-state index in [-0.39, 0.29) is 5.41 Å². The van der Waals surface area contributed by atoms with Gasteiger partial charge in [-0.1, -0.05) is 40.0 Å². The summed E-state index contributed by atoms with van der Waals surface area (Å²) < 4.78 is 0. The molecule has 4 aliphatic rings. The van der Waals surface area contributed by atoms with Crippen LogP contribution in [0.15, 0.2) is 11.6 Å². The van der Waals surface area contributed by atoms with Gasteiger partial charge in [0.05, 0.1) is 5.37 Å². The summed E-state index contributed by atoms with van der Waals surface area (Å²) in [6, 6.07) is 0. The zero-order chi connectivity index (χ0) is 19.1. The van der Waals surface area contributed by atoms with Crippen molar-refractivity contribution in [1.82, 2.24) is 9.80 Å². The maximum absolute atomic E-state index is 12.6. The van der Waals surface area contributed by atoms with Crippen LogP contribution in [0.3, 0.4) is 0 Å². The molecule has 0 spiro atoms. The Balaban J connectivity index is 1.35. The summed E-state index contributed by atoms with van der Waals surface area (Å²) >= 11 is 2.05. The predicted octanol–water partition coefficient (Wildman–Crippen LogP) is 5.62. The smallest absolute Gasteiger partial charge is 0.223 e. The number of likely N-dealkylation sites (tertiary alicyclic amines) is 1. The van der Waals surface area contributed by atoms with Crippen molar-refractivity contribution in [3.63, 3.8) is 0 Å². The predicted molar refractivity (Wildman–Crippen MR) is 114 cm³/mol. The molecular weight excluding hydrogens is 352 g/mol. The second kappa shape index (κ2) is 7.65. The quantitative estimate of drug-likeness (QED) is 0.622. The van der Waals surface area contributed by atoms with Gasteiger partial charge in [0.2, 0.25) is 5.91 Å². The first kappa shape index (κ1) is 19.7. The molecule has 0 bridgehead atoms. The highest BCUT2D eigenvalue weighted by molar-refractivity contribution is 8.02. The van der Waals surface area contributed by atoms with E-state index in [9.17, 15) is 4.79 Å². The maximum atomic E-state index is 12.6. The van der Waals surface area contributed by atoms with Crippen LogP contribution in [0.4, 0.5) is 0 Å². The lowest BCUT2D eigenvalue weighted by atomic mass is 9.81. The zero-order valence-corrected chi connectivity index (χ0v) is 18.4. The number of piperidine rings is 1. The first-order chi connectivity index (χ1) is 12.9. The Bertz CT molecular complexity index is 563. The molecule has 27 heavy (non-hydrogen) atoms. The van der Waals surface area contributed by atoms with E-state index in [0.717, 1.165) is 24.9 Å². The van der Waals surface area contributed by atoms with Crippen LogP contribution in [0.2, 0.25) is 0 Å². The number of nitrogens with zero attached hydrogens (tertiary/aromatic N) is 2. The minimum Gasteiger partial charge on any atom is -0.359 e. The number of thioether (sulfide) groups is 1. The third kappa shape index (κ3) is 4.21. The van der Waals surface area contributed by atoms with Gasteiger partial charge in [-0.15, -0.1) is 11.8 Å². The molecule has 0 aromatic carbocycles. The van der Waals surface area contributed by atoms with Crippen LogP contribution in [0.5, 0.6) is 0 Å². The van der Waals surface area contributed by atoms with E-state index in [1.54, 1.807) is 0 Å². The number of hydrogen-bond acceptors (Lipinski definition) is 3. The fourth-order valence-electron chi connectivity index (χ4n) is 5.72. The van der Waals surface area contributed by atoms with Crippen LogP contribution in [0.1, 0.15) is 85.0 Å². The third-order valence-electron chi connectivity index (χ3n) is 7.33. The van der Waals surface area contributed by atoms with Gasteiger partial charge in [-0.3, -0.25) is 4.79 Å². The number of carbonyl (C=O) groups is 1. The molecule has 0 radical (unpaired) electrons. The highest BCUT2D eigenvalue weighted by atomic mass is 32.2. The molecule has 2 aliphatic carbocycles. The van der Waals surface area contributed by atoms with Crippen molar-refractivity contribution in [3.05, 3.63) is 11.6 Å². The van der Waals surface area contributed by atoms with Crippen LogP contribution in [0.25, 0.3) is 0 Å². The molecule has 1 amide bonds. The second-order valence-electron chi connectivity index (χ2n) is 10.6. The van der Waals surface area contributed by atoms with E-state index in [2.05, 4.69) is 42.2 Å². The number of amides is 1. The van der Waals surface area contributed by atoms with Crippen molar-refractivity contribution in [3.8, 4) is 0 Å². The summed E-state index contributed by atoms with van der Waals surface area (Å²) in [6.07, 6.45) is 15.5. The molecule has 0 aromatic rings. The zero-order valence-electron chi connectivity index (χ0n) is 17.6. The molecule has 1 unspecified atom stereocenters. The van der Waals surface area contributed by atoms with Crippen LogP contribution < -0.4 is 0 Å². The van der Waals surface area contributed by atoms with Crippen LogP contribution in [0, 0.1) is 17.3 Å². The molecule has 0 N–H and O–H groups in total. The fraction of sp³-hybridized carbons (Fsp3) is 0.870. The molecule has 2 heterocycles. The summed E-state index contributed by atoms with van der Waals surface area (Å²) in [5, 5.41) is 2.97. The van der Waals surface area contributed by atoms with Crippen molar-refractivity contribution < 1.29 is 4.79 Å². The van der Waals surface area contributed by atoms with Crippen LogP contribution in [-0.4, -0.2) is 39.7 Å². The molecule has 2 saturated carbocycles.